The Morgan fingerprint density at radius 3 is 2.33 bits per heavy atom. The number of carbonyl (C=O) groups excluding carboxylic acids is 1. The zero-order chi connectivity index (χ0) is 28.4. The van der Waals surface area contributed by atoms with Gasteiger partial charge in [0, 0.05) is 5.56 Å². The quantitative estimate of drug-likeness (QED) is 0.124. The van der Waals surface area contributed by atoms with Crippen LogP contribution in [0.2, 0.25) is 5.02 Å². The fraction of sp³-hybridized carbons (Fsp3) is 0.214. The van der Waals surface area contributed by atoms with Crippen LogP contribution in [0.4, 0.5) is 0 Å². The van der Waals surface area contributed by atoms with Gasteiger partial charge in [-0.2, -0.15) is 13.5 Å². The Morgan fingerprint density at radius 2 is 1.67 bits per heavy atom. The van der Waals surface area contributed by atoms with Crippen LogP contribution in [0.3, 0.4) is 0 Å². The number of aryl methyl sites for hydroxylation is 1. The maximum atomic E-state index is 12.8. The van der Waals surface area contributed by atoms with E-state index in [0.717, 1.165) is 5.56 Å². The molecule has 0 saturated carbocycles. The van der Waals surface area contributed by atoms with Crippen molar-refractivity contribution in [3.8, 4) is 23.0 Å². The Balaban J connectivity index is 1.78. The van der Waals surface area contributed by atoms with Gasteiger partial charge in [-0.25, -0.2) is 5.43 Å². The van der Waals surface area contributed by atoms with Crippen LogP contribution in [-0.4, -0.2) is 40.4 Å². The first-order valence-corrected chi connectivity index (χ1v) is 13.8. The van der Waals surface area contributed by atoms with Crippen molar-refractivity contribution in [3.05, 3.63) is 89.0 Å². The second kappa shape index (κ2) is 13.7. The number of halogens is 1. The van der Waals surface area contributed by atoms with Gasteiger partial charge in [-0.3, -0.25) is 4.79 Å². The van der Waals surface area contributed by atoms with Gasteiger partial charge in [-0.05, 0) is 68.8 Å². The van der Waals surface area contributed by atoms with E-state index in [0.29, 0.717) is 35.8 Å². The molecular formula is C28H29ClN2O7S. The lowest BCUT2D eigenvalue weighted by atomic mass is 10.2. The van der Waals surface area contributed by atoms with E-state index < -0.39 is 16.0 Å². The van der Waals surface area contributed by atoms with Gasteiger partial charge in [0.15, 0.2) is 17.2 Å². The number of benzene rings is 3. The zero-order valence-electron chi connectivity index (χ0n) is 21.8. The van der Waals surface area contributed by atoms with E-state index in [1.807, 2.05) is 13.8 Å². The van der Waals surface area contributed by atoms with Gasteiger partial charge < -0.3 is 18.4 Å². The fourth-order valence-corrected chi connectivity index (χ4v) is 4.54. The van der Waals surface area contributed by atoms with Crippen molar-refractivity contribution in [1.82, 2.24) is 5.43 Å². The molecule has 0 heterocycles. The van der Waals surface area contributed by atoms with Crippen LogP contribution in [-0.2, 0) is 10.1 Å². The molecule has 39 heavy (non-hydrogen) atoms. The monoisotopic (exact) mass is 572 g/mol. The number of hydrazone groups is 1. The zero-order valence-corrected chi connectivity index (χ0v) is 23.3. The highest BCUT2D eigenvalue weighted by molar-refractivity contribution is 7.87. The summed E-state index contributed by atoms with van der Waals surface area (Å²) in [6.07, 6.45) is 2.95. The van der Waals surface area contributed by atoms with Crippen molar-refractivity contribution in [2.75, 3.05) is 19.8 Å². The molecule has 3 aromatic rings. The molecule has 3 aromatic carbocycles. The number of ether oxygens (including phenoxy) is 3. The van der Waals surface area contributed by atoms with Crippen LogP contribution in [0.25, 0.3) is 0 Å². The number of carbonyl (C=O) groups is 1. The van der Waals surface area contributed by atoms with E-state index in [4.69, 9.17) is 30.0 Å². The minimum Gasteiger partial charge on any atom is -0.490 e. The van der Waals surface area contributed by atoms with E-state index in [9.17, 15) is 13.2 Å². The number of rotatable bonds is 13. The number of hydrogen-bond donors (Lipinski definition) is 1. The van der Waals surface area contributed by atoms with Crippen LogP contribution < -0.4 is 23.8 Å². The second-order valence-corrected chi connectivity index (χ2v) is 9.96. The molecule has 206 valence electrons. The molecule has 11 heteroatoms. The third-order valence-electron chi connectivity index (χ3n) is 5.08. The van der Waals surface area contributed by atoms with Gasteiger partial charge in [-0.15, -0.1) is 0 Å². The van der Waals surface area contributed by atoms with E-state index in [1.54, 1.807) is 43.3 Å². The van der Waals surface area contributed by atoms with Crippen molar-refractivity contribution < 1.29 is 31.6 Å². The van der Waals surface area contributed by atoms with Crippen molar-refractivity contribution >= 4 is 33.8 Å². The number of nitrogens with one attached hydrogen (secondary N) is 1. The third kappa shape index (κ3) is 7.98. The van der Waals surface area contributed by atoms with Crippen molar-refractivity contribution in [2.45, 2.75) is 25.7 Å². The Hall–Kier alpha value is -4.02. The summed E-state index contributed by atoms with van der Waals surface area (Å²) in [4.78, 5) is 12.6. The predicted molar refractivity (Wildman–Crippen MR) is 150 cm³/mol. The first-order valence-electron chi connectivity index (χ1n) is 12.0. The van der Waals surface area contributed by atoms with Crippen LogP contribution in [0.15, 0.2) is 77.2 Å². The molecule has 0 bridgehead atoms. The third-order valence-corrected chi connectivity index (χ3v) is 6.59. The lowest BCUT2D eigenvalue weighted by Gasteiger charge is -2.14. The Kier molecular flexibility index (Phi) is 10.4. The molecule has 0 saturated heterocycles. The highest BCUT2D eigenvalue weighted by atomic mass is 35.5. The summed E-state index contributed by atoms with van der Waals surface area (Å²) in [6.45, 7) is 9.93. The molecule has 0 unspecified atom stereocenters. The molecule has 0 radical (unpaired) electrons. The summed E-state index contributed by atoms with van der Waals surface area (Å²) in [5.74, 6) is 0.372. The number of nitrogens with zero attached hydrogens (tertiary/aromatic N) is 1. The molecule has 0 spiro atoms. The summed E-state index contributed by atoms with van der Waals surface area (Å²) >= 11 is 6.37. The van der Waals surface area contributed by atoms with E-state index >= 15 is 0 Å². The summed E-state index contributed by atoms with van der Waals surface area (Å²) < 4.78 is 47.6. The minimum absolute atomic E-state index is 0.0131. The van der Waals surface area contributed by atoms with Gasteiger partial charge in [0.05, 0.1) is 24.5 Å². The molecule has 3 rings (SSSR count). The Morgan fingerprint density at radius 1 is 0.974 bits per heavy atom. The molecule has 0 atom stereocenters. The average Bonchev–Trinajstić information content (AvgIpc) is 2.90. The van der Waals surface area contributed by atoms with Crippen molar-refractivity contribution in [3.63, 3.8) is 0 Å². The molecule has 0 aliphatic heterocycles. The number of hydrogen-bond acceptors (Lipinski definition) is 8. The lowest BCUT2D eigenvalue weighted by molar-refractivity contribution is 0.0954. The molecule has 0 aliphatic carbocycles. The summed E-state index contributed by atoms with van der Waals surface area (Å²) in [5.41, 5.74) is 4.08. The maximum Gasteiger partial charge on any atom is 0.339 e. The molecule has 1 N–H and O–H groups in total. The summed E-state index contributed by atoms with van der Waals surface area (Å²) in [7, 11) is -4.16. The van der Waals surface area contributed by atoms with Crippen LogP contribution >= 0.6 is 11.6 Å². The lowest BCUT2D eigenvalue weighted by Crippen LogP contribution is -2.18. The van der Waals surface area contributed by atoms with Crippen LogP contribution in [0, 0.1) is 6.92 Å². The standard InChI is InChI=1S/C28H29ClN2O7S/c1-5-14-37-24-13-10-21(17-25(24)35-6-2)28(32)31-30-18-20-15-23(29)27(26(16-20)36-7-3)38-39(33,34)22-11-8-19(4)9-12-22/h5,8-13,15-18H,1,6-7,14H2,2-4H3,(H,31,32)/b30-18+. The van der Waals surface area contributed by atoms with Crippen LogP contribution in [0.1, 0.15) is 35.3 Å². The molecule has 0 aromatic heterocycles. The van der Waals surface area contributed by atoms with Gasteiger partial charge in [-0.1, -0.05) is 42.0 Å². The maximum absolute atomic E-state index is 12.8. The Bertz CT molecular complexity index is 1460. The van der Waals surface area contributed by atoms with E-state index in [1.165, 1.54) is 30.5 Å². The second-order valence-electron chi connectivity index (χ2n) is 8.01. The minimum atomic E-state index is -4.16. The topological polar surface area (TPSA) is 113 Å². The first-order chi connectivity index (χ1) is 18.7. The number of amides is 1. The van der Waals surface area contributed by atoms with E-state index in [2.05, 4.69) is 17.1 Å². The summed E-state index contributed by atoms with van der Waals surface area (Å²) in [6, 6.07) is 13.9. The molecule has 1 amide bonds. The summed E-state index contributed by atoms with van der Waals surface area (Å²) in [5, 5.41) is 3.97. The van der Waals surface area contributed by atoms with Crippen molar-refractivity contribution in [1.29, 1.82) is 0 Å². The van der Waals surface area contributed by atoms with E-state index in [-0.39, 0.29) is 28.0 Å². The highest BCUT2D eigenvalue weighted by Gasteiger charge is 2.22. The fourth-order valence-electron chi connectivity index (χ4n) is 3.28. The largest absolute Gasteiger partial charge is 0.490 e. The normalized spacial score (nSPS) is 11.2. The molecule has 0 fully saturated rings. The van der Waals surface area contributed by atoms with Crippen LogP contribution in [0.5, 0.6) is 23.0 Å². The van der Waals surface area contributed by atoms with Gasteiger partial charge in [0.2, 0.25) is 5.75 Å². The van der Waals surface area contributed by atoms with Gasteiger partial charge >= 0.3 is 10.1 Å². The average molecular weight is 573 g/mol. The first kappa shape index (κ1) is 29.5. The smallest absolute Gasteiger partial charge is 0.339 e. The van der Waals surface area contributed by atoms with Crippen molar-refractivity contribution in [2.24, 2.45) is 5.10 Å². The highest BCUT2D eigenvalue weighted by Crippen LogP contribution is 2.38. The van der Waals surface area contributed by atoms with Gasteiger partial charge in [0.1, 0.15) is 11.5 Å². The Labute approximate surface area is 233 Å². The predicted octanol–water partition coefficient (Wildman–Crippen LogP) is 5.54. The SMILES string of the molecule is C=CCOc1ccc(C(=O)N/N=C/c2cc(Cl)c(OS(=O)(=O)c3ccc(C)cc3)c(OCC)c2)cc1OCC. The molecular weight excluding hydrogens is 544 g/mol. The molecule has 0 aliphatic rings. The van der Waals surface area contributed by atoms with Gasteiger partial charge in [0.25, 0.3) is 5.91 Å². The molecule has 9 nitrogen and oxygen atoms in total.